The predicted octanol–water partition coefficient (Wildman–Crippen LogP) is 2.62. The lowest BCUT2D eigenvalue weighted by Crippen LogP contribution is -2.58. The summed E-state index contributed by atoms with van der Waals surface area (Å²) in [7, 11) is 0. The van der Waals surface area contributed by atoms with Gasteiger partial charge >= 0.3 is 0 Å². The Hall–Kier alpha value is -2.70. The zero-order valence-corrected chi connectivity index (χ0v) is 18.2. The Morgan fingerprint density at radius 3 is 2.00 bits per heavy atom. The number of rotatable bonds is 5. The molecule has 5 saturated carbocycles. The summed E-state index contributed by atoms with van der Waals surface area (Å²) in [5.41, 5.74) is 5.72. The van der Waals surface area contributed by atoms with E-state index in [4.69, 9.17) is 5.73 Å². The SMILES string of the molecule is NC(=O)c1ccc(N2C(=O)CC(N(C(=O)C34CC5CC(CC(C5)C3)C4)C3CC3)C2=O)cc1. The predicted molar refractivity (Wildman–Crippen MR) is 116 cm³/mol. The molecule has 0 spiro atoms. The van der Waals surface area contributed by atoms with E-state index in [0.717, 1.165) is 32.1 Å². The minimum atomic E-state index is -0.716. The van der Waals surface area contributed by atoms with Gasteiger partial charge in [0.15, 0.2) is 0 Å². The van der Waals surface area contributed by atoms with Crippen LogP contribution in [0.1, 0.15) is 68.1 Å². The van der Waals surface area contributed by atoms with E-state index in [1.54, 1.807) is 12.1 Å². The highest BCUT2D eigenvalue weighted by atomic mass is 16.2. The molecule has 4 amide bonds. The van der Waals surface area contributed by atoms with Crippen LogP contribution in [0.25, 0.3) is 0 Å². The Balaban J connectivity index is 1.28. The van der Waals surface area contributed by atoms with Crippen LogP contribution >= 0.6 is 0 Å². The number of carbonyl (C=O) groups is 4. The van der Waals surface area contributed by atoms with E-state index in [1.165, 1.54) is 36.3 Å². The molecule has 1 aliphatic heterocycles. The van der Waals surface area contributed by atoms with Gasteiger partial charge in [-0.3, -0.25) is 19.2 Å². The summed E-state index contributed by atoms with van der Waals surface area (Å²) in [6, 6.07) is 5.54. The number of nitrogens with two attached hydrogens (primary N) is 1. The summed E-state index contributed by atoms with van der Waals surface area (Å²) < 4.78 is 0. The summed E-state index contributed by atoms with van der Waals surface area (Å²) >= 11 is 0. The van der Waals surface area contributed by atoms with Crippen molar-refractivity contribution < 1.29 is 19.2 Å². The number of hydrogen-bond donors (Lipinski definition) is 1. The average molecular weight is 436 g/mol. The molecule has 1 atom stereocenters. The lowest BCUT2D eigenvalue weighted by atomic mass is 9.49. The molecule has 1 aromatic rings. The van der Waals surface area contributed by atoms with Crippen molar-refractivity contribution in [1.29, 1.82) is 0 Å². The number of amides is 4. The second-order valence-electron chi connectivity index (χ2n) is 10.8. The molecule has 2 N–H and O–H groups in total. The first-order valence-corrected chi connectivity index (χ1v) is 11.9. The number of hydrogen-bond acceptors (Lipinski definition) is 4. The third-order valence-electron chi connectivity index (χ3n) is 8.54. The fraction of sp³-hybridized carbons (Fsp3) is 0.600. The summed E-state index contributed by atoms with van der Waals surface area (Å²) in [4.78, 5) is 54.8. The molecule has 1 heterocycles. The molecule has 6 fully saturated rings. The molecule has 6 aliphatic rings. The molecule has 7 rings (SSSR count). The van der Waals surface area contributed by atoms with E-state index >= 15 is 0 Å². The molecule has 1 aromatic carbocycles. The number of primary amides is 1. The molecular weight excluding hydrogens is 406 g/mol. The standard InChI is InChI=1S/C25H29N3O4/c26-22(30)17-1-3-19(4-2-17)28-21(29)10-20(23(28)31)27(18-5-6-18)24(32)25-11-14-7-15(12-25)9-16(8-14)13-25/h1-4,14-16,18,20H,5-13H2,(H2,26,30). The van der Waals surface area contributed by atoms with Crippen molar-refractivity contribution in [2.24, 2.45) is 28.9 Å². The van der Waals surface area contributed by atoms with Gasteiger partial charge in [0, 0.05) is 11.6 Å². The van der Waals surface area contributed by atoms with Crippen molar-refractivity contribution in [3.8, 4) is 0 Å². The van der Waals surface area contributed by atoms with Crippen molar-refractivity contribution in [1.82, 2.24) is 4.90 Å². The zero-order chi connectivity index (χ0) is 22.2. The third kappa shape index (κ3) is 3.00. The van der Waals surface area contributed by atoms with Crippen LogP contribution in [-0.4, -0.2) is 40.6 Å². The number of nitrogens with zero attached hydrogens (tertiary/aromatic N) is 2. The monoisotopic (exact) mass is 435 g/mol. The Bertz CT molecular complexity index is 977. The lowest BCUT2D eigenvalue weighted by Gasteiger charge is -2.57. The summed E-state index contributed by atoms with van der Waals surface area (Å²) in [5, 5.41) is 0. The highest BCUT2D eigenvalue weighted by Gasteiger charge is 2.59. The maximum absolute atomic E-state index is 14.1. The molecule has 5 aliphatic carbocycles. The van der Waals surface area contributed by atoms with Gasteiger partial charge in [-0.15, -0.1) is 0 Å². The topological polar surface area (TPSA) is 101 Å². The van der Waals surface area contributed by atoms with Gasteiger partial charge in [0.25, 0.3) is 5.91 Å². The highest BCUT2D eigenvalue weighted by molar-refractivity contribution is 6.23. The summed E-state index contributed by atoms with van der Waals surface area (Å²) in [6.45, 7) is 0. The minimum absolute atomic E-state index is 0.0327. The molecule has 7 nitrogen and oxygen atoms in total. The molecule has 168 valence electrons. The first-order valence-electron chi connectivity index (χ1n) is 11.9. The maximum Gasteiger partial charge on any atom is 0.257 e. The van der Waals surface area contributed by atoms with E-state index in [0.29, 0.717) is 29.0 Å². The Morgan fingerprint density at radius 1 is 0.938 bits per heavy atom. The molecule has 0 radical (unpaired) electrons. The van der Waals surface area contributed by atoms with Gasteiger partial charge in [-0.05, 0) is 93.4 Å². The number of benzene rings is 1. The van der Waals surface area contributed by atoms with E-state index in [-0.39, 0.29) is 35.6 Å². The number of anilines is 1. The van der Waals surface area contributed by atoms with Crippen molar-refractivity contribution in [3.63, 3.8) is 0 Å². The van der Waals surface area contributed by atoms with Gasteiger partial charge in [0.1, 0.15) is 6.04 Å². The van der Waals surface area contributed by atoms with Crippen LogP contribution in [0.3, 0.4) is 0 Å². The fourth-order valence-corrected chi connectivity index (χ4v) is 7.44. The fourth-order valence-electron chi connectivity index (χ4n) is 7.44. The smallest absolute Gasteiger partial charge is 0.257 e. The molecule has 1 saturated heterocycles. The van der Waals surface area contributed by atoms with Crippen molar-refractivity contribution in [3.05, 3.63) is 29.8 Å². The molecule has 1 unspecified atom stereocenters. The van der Waals surface area contributed by atoms with Gasteiger partial charge < -0.3 is 10.6 Å². The van der Waals surface area contributed by atoms with Gasteiger partial charge in [0.05, 0.1) is 17.5 Å². The molecule has 32 heavy (non-hydrogen) atoms. The van der Waals surface area contributed by atoms with Crippen LogP contribution in [-0.2, 0) is 14.4 Å². The Morgan fingerprint density at radius 2 is 1.50 bits per heavy atom. The van der Waals surface area contributed by atoms with Crippen LogP contribution in [0.4, 0.5) is 5.69 Å². The summed E-state index contributed by atoms with van der Waals surface area (Å²) in [5.74, 6) is 0.889. The van der Waals surface area contributed by atoms with Crippen molar-refractivity contribution in [2.45, 2.75) is 69.9 Å². The zero-order valence-electron chi connectivity index (χ0n) is 18.2. The van der Waals surface area contributed by atoms with Crippen LogP contribution in [0, 0.1) is 23.2 Å². The average Bonchev–Trinajstić information content (AvgIpc) is 3.53. The van der Waals surface area contributed by atoms with Gasteiger partial charge in [0.2, 0.25) is 17.7 Å². The second-order valence-corrected chi connectivity index (χ2v) is 10.8. The van der Waals surface area contributed by atoms with Crippen LogP contribution < -0.4 is 10.6 Å². The Kier molecular flexibility index (Phi) is 4.30. The molecule has 4 bridgehead atoms. The normalized spacial score (nSPS) is 35.4. The van der Waals surface area contributed by atoms with Crippen LogP contribution in [0.5, 0.6) is 0 Å². The quantitative estimate of drug-likeness (QED) is 0.719. The third-order valence-corrected chi connectivity index (χ3v) is 8.54. The maximum atomic E-state index is 14.1. The van der Waals surface area contributed by atoms with Crippen molar-refractivity contribution >= 4 is 29.3 Å². The van der Waals surface area contributed by atoms with Gasteiger partial charge in [-0.2, -0.15) is 0 Å². The Labute approximate surface area is 187 Å². The number of carbonyl (C=O) groups excluding carboxylic acids is 4. The largest absolute Gasteiger partial charge is 0.366 e. The minimum Gasteiger partial charge on any atom is -0.366 e. The van der Waals surface area contributed by atoms with E-state index in [1.807, 2.05) is 4.90 Å². The van der Waals surface area contributed by atoms with Crippen LogP contribution in [0.2, 0.25) is 0 Å². The molecule has 0 aromatic heterocycles. The first kappa shape index (κ1) is 19.9. The second kappa shape index (κ2) is 6.90. The van der Waals surface area contributed by atoms with Crippen LogP contribution in [0.15, 0.2) is 24.3 Å². The van der Waals surface area contributed by atoms with Crippen molar-refractivity contribution in [2.75, 3.05) is 4.90 Å². The van der Waals surface area contributed by atoms with E-state index in [9.17, 15) is 19.2 Å². The lowest BCUT2D eigenvalue weighted by molar-refractivity contribution is -0.162. The first-order chi connectivity index (χ1) is 15.3. The molecule has 7 heteroatoms. The van der Waals surface area contributed by atoms with E-state index in [2.05, 4.69) is 0 Å². The number of imide groups is 1. The summed E-state index contributed by atoms with van der Waals surface area (Å²) in [6.07, 6.45) is 8.47. The highest BCUT2D eigenvalue weighted by Crippen LogP contribution is 2.61. The van der Waals surface area contributed by atoms with Gasteiger partial charge in [-0.25, -0.2) is 4.90 Å². The van der Waals surface area contributed by atoms with E-state index < -0.39 is 11.9 Å². The molecular formula is C25H29N3O4. The van der Waals surface area contributed by atoms with Gasteiger partial charge in [-0.1, -0.05) is 0 Å².